The minimum absolute atomic E-state index is 0.676. The summed E-state index contributed by atoms with van der Waals surface area (Å²) in [6.45, 7) is 0. The zero-order valence-corrected chi connectivity index (χ0v) is 10.6. The van der Waals surface area contributed by atoms with Gasteiger partial charge in [0.2, 0.25) is 0 Å². The molecule has 1 spiro atoms. The largest absolute Gasteiger partial charge is 0.317 e. The first-order chi connectivity index (χ1) is 7.24. The maximum absolute atomic E-state index is 4.32. The van der Waals surface area contributed by atoms with E-state index in [1.165, 1.54) is 37.9 Å². The van der Waals surface area contributed by atoms with Crippen LogP contribution in [0.4, 0.5) is 0 Å². The standard InChI is InChI=1S/C11H16BrN3/c1-15-9(7-12)13-14-10(15)8-5-11(6-8)3-2-4-11/h8H,2-7H2,1H3. The van der Waals surface area contributed by atoms with Crippen LogP contribution in [0.2, 0.25) is 0 Å². The Bertz CT molecular complexity index is 373. The molecule has 2 saturated carbocycles. The smallest absolute Gasteiger partial charge is 0.143 e. The van der Waals surface area contributed by atoms with Gasteiger partial charge in [-0.15, -0.1) is 10.2 Å². The second kappa shape index (κ2) is 3.30. The number of rotatable bonds is 2. The minimum atomic E-state index is 0.676. The third-order valence-electron chi connectivity index (χ3n) is 4.26. The van der Waals surface area contributed by atoms with Gasteiger partial charge in [-0.1, -0.05) is 22.4 Å². The highest BCUT2D eigenvalue weighted by atomic mass is 79.9. The van der Waals surface area contributed by atoms with Gasteiger partial charge in [0.15, 0.2) is 0 Å². The molecular formula is C11H16BrN3. The molecule has 0 atom stereocenters. The van der Waals surface area contributed by atoms with Crippen LogP contribution in [0.15, 0.2) is 0 Å². The molecule has 2 aliphatic rings. The van der Waals surface area contributed by atoms with E-state index in [-0.39, 0.29) is 0 Å². The normalized spacial score (nSPS) is 23.9. The van der Waals surface area contributed by atoms with Crippen LogP contribution in [0.25, 0.3) is 0 Å². The molecule has 2 fully saturated rings. The van der Waals surface area contributed by atoms with Crippen molar-refractivity contribution in [3.63, 3.8) is 0 Å². The molecule has 4 heteroatoms. The van der Waals surface area contributed by atoms with E-state index in [1.54, 1.807) is 0 Å². The number of halogens is 1. The van der Waals surface area contributed by atoms with Crippen LogP contribution in [-0.4, -0.2) is 14.8 Å². The number of nitrogens with zero attached hydrogens (tertiary/aromatic N) is 3. The van der Waals surface area contributed by atoms with Crippen molar-refractivity contribution in [2.45, 2.75) is 43.4 Å². The average Bonchev–Trinajstić information content (AvgIpc) is 2.43. The minimum Gasteiger partial charge on any atom is -0.317 e. The summed E-state index contributed by atoms with van der Waals surface area (Å²) in [5, 5.41) is 9.31. The average molecular weight is 270 g/mol. The summed E-state index contributed by atoms with van der Waals surface area (Å²) < 4.78 is 2.16. The van der Waals surface area contributed by atoms with E-state index < -0.39 is 0 Å². The molecule has 0 unspecified atom stereocenters. The van der Waals surface area contributed by atoms with Gasteiger partial charge in [-0.2, -0.15) is 0 Å². The molecule has 0 aromatic carbocycles. The van der Waals surface area contributed by atoms with Gasteiger partial charge in [-0.05, 0) is 31.1 Å². The van der Waals surface area contributed by atoms with Crippen molar-refractivity contribution in [3.8, 4) is 0 Å². The van der Waals surface area contributed by atoms with E-state index >= 15 is 0 Å². The van der Waals surface area contributed by atoms with Crippen molar-refractivity contribution in [1.29, 1.82) is 0 Å². The van der Waals surface area contributed by atoms with Gasteiger partial charge in [0.1, 0.15) is 11.6 Å². The molecule has 0 aliphatic heterocycles. The highest BCUT2D eigenvalue weighted by Crippen LogP contribution is 2.61. The Labute approximate surface area is 98.4 Å². The molecule has 0 N–H and O–H groups in total. The van der Waals surface area contributed by atoms with Crippen molar-refractivity contribution < 1.29 is 0 Å². The first-order valence-electron chi connectivity index (χ1n) is 5.68. The van der Waals surface area contributed by atoms with E-state index in [0.29, 0.717) is 5.92 Å². The first-order valence-corrected chi connectivity index (χ1v) is 6.80. The van der Waals surface area contributed by atoms with Gasteiger partial charge in [0.05, 0.1) is 5.33 Å². The molecule has 0 amide bonds. The van der Waals surface area contributed by atoms with E-state index in [1.807, 2.05) is 0 Å². The second-order valence-electron chi connectivity index (χ2n) is 5.13. The molecule has 3 nitrogen and oxygen atoms in total. The van der Waals surface area contributed by atoms with Crippen molar-refractivity contribution in [2.75, 3.05) is 0 Å². The zero-order valence-electron chi connectivity index (χ0n) is 9.04. The van der Waals surface area contributed by atoms with Gasteiger partial charge >= 0.3 is 0 Å². The molecule has 0 radical (unpaired) electrons. The maximum atomic E-state index is 4.32. The zero-order chi connectivity index (χ0) is 10.5. The summed E-state index contributed by atoms with van der Waals surface area (Å²) in [5.41, 5.74) is 0.727. The van der Waals surface area contributed by atoms with E-state index in [4.69, 9.17) is 0 Å². The quantitative estimate of drug-likeness (QED) is 0.774. The molecule has 82 valence electrons. The summed E-state index contributed by atoms with van der Waals surface area (Å²) in [6.07, 6.45) is 7.04. The lowest BCUT2D eigenvalue weighted by Gasteiger charge is -2.53. The fourth-order valence-electron chi connectivity index (χ4n) is 3.10. The van der Waals surface area contributed by atoms with Gasteiger partial charge in [-0.25, -0.2) is 0 Å². The molecule has 0 bridgehead atoms. The Kier molecular flexibility index (Phi) is 2.16. The number of hydrogen-bond acceptors (Lipinski definition) is 2. The summed E-state index contributed by atoms with van der Waals surface area (Å²) >= 11 is 3.43. The predicted molar refractivity (Wildman–Crippen MR) is 61.9 cm³/mol. The maximum Gasteiger partial charge on any atom is 0.143 e. The Morgan fingerprint density at radius 2 is 2.13 bits per heavy atom. The monoisotopic (exact) mass is 269 g/mol. The lowest BCUT2D eigenvalue weighted by molar-refractivity contribution is 0.00509. The second-order valence-corrected chi connectivity index (χ2v) is 5.69. The molecular weight excluding hydrogens is 254 g/mol. The van der Waals surface area contributed by atoms with Gasteiger partial charge in [-0.3, -0.25) is 0 Å². The predicted octanol–water partition coefficient (Wildman–Crippen LogP) is 2.76. The van der Waals surface area contributed by atoms with Crippen LogP contribution in [0.5, 0.6) is 0 Å². The summed E-state index contributed by atoms with van der Waals surface area (Å²) in [7, 11) is 2.08. The number of alkyl halides is 1. The Morgan fingerprint density at radius 1 is 1.40 bits per heavy atom. The lowest BCUT2D eigenvalue weighted by atomic mass is 9.51. The topological polar surface area (TPSA) is 30.7 Å². The van der Waals surface area contributed by atoms with E-state index in [2.05, 4.69) is 37.7 Å². The molecule has 3 rings (SSSR count). The van der Waals surface area contributed by atoms with Crippen molar-refractivity contribution in [3.05, 3.63) is 11.6 Å². The van der Waals surface area contributed by atoms with Crippen molar-refractivity contribution in [1.82, 2.24) is 14.8 Å². The molecule has 1 aromatic rings. The summed E-state index contributed by atoms with van der Waals surface area (Å²) in [6, 6.07) is 0. The van der Waals surface area contributed by atoms with Crippen LogP contribution in [-0.2, 0) is 12.4 Å². The van der Waals surface area contributed by atoms with Crippen LogP contribution in [0, 0.1) is 5.41 Å². The Morgan fingerprint density at radius 3 is 2.60 bits per heavy atom. The van der Waals surface area contributed by atoms with E-state index in [9.17, 15) is 0 Å². The fraction of sp³-hybridized carbons (Fsp3) is 0.818. The first kappa shape index (κ1) is 9.82. The molecule has 0 saturated heterocycles. The SMILES string of the molecule is Cn1c(CBr)nnc1C1CC2(CCC2)C1. The van der Waals surface area contributed by atoms with Crippen LogP contribution in [0.1, 0.15) is 49.7 Å². The summed E-state index contributed by atoms with van der Waals surface area (Å²) in [4.78, 5) is 0. The molecule has 2 aliphatic carbocycles. The lowest BCUT2D eigenvalue weighted by Crippen LogP contribution is -2.42. The van der Waals surface area contributed by atoms with Crippen LogP contribution >= 0.6 is 15.9 Å². The Hall–Kier alpha value is -0.380. The molecule has 15 heavy (non-hydrogen) atoms. The number of aromatic nitrogens is 3. The molecule has 1 aromatic heterocycles. The van der Waals surface area contributed by atoms with Gasteiger partial charge in [0.25, 0.3) is 0 Å². The van der Waals surface area contributed by atoms with Crippen molar-refractivity contribution >= 4 is 15.9 Å². The summed E-state index contributed by atoms with van der Waals surface area (Å²) in [5.74, 6) is 2.91. The highest BCUT2D eigenvalue weighted by molar-refractivity contribution is 9.08. The van der Waals surface area contributed by atoms with Crippen LogP contribution in [0.3, 0.4) is 0 Å². The fourth-order valence-corrected chi connectivity index (χ4v) is 3.59. The van der Waals surface area contributed by atoms with E-state index in [0.717, 1.165) is 16.6 Å². The Balaban J connectivity index is 1.75. The van der Waals surface area contributed by atoms with Crippen molar-refractivity contribution in [2.24, 2.45) is 12.5 Å². The van der Waals surface area contributed by atoms with Crippen LogP contribution < -0.4 is 0 Å². The third kappa shape index (κ3) is 1.37. The third-order valence-corrected chi connectivity index (χ3v) is 4.76. The number of hydrogen-bond donors (Lipinski definition) is 0. The molecule has 1 heterocycles. The van der Waals surface area contributed by atoms with Gasteiger partial charge < -0.3 is 4.57 Å². The van der Waals surface area contributed by atoms with Gasteiger partial charge in [0, 0.05) is 13.0 Å². The highest BCUT2D eigenvalue weighted by Gasteiger charge is 2.49.